The number of aromatic nitrogens is 1. The molecule has 0 unspecified atom stereocenters. The van der Waals surface area contributed by atoms with Gasteiger partial charge in [-0.2, -0.15) is 0 Å². The van der Waals surface area contributed by atoms with Gasteiger partial charge < -0.3 is 15.4 Å². The molecule has 0 aliphatic carbocycles. The molecule has 0 radical (unpaired) electrons. The SMILES string of the molecule is O=C(Cc1csc(SCC(=O)Nc2ccc(F)cc2)n1)NC[C@@H]1CCCO1. The van der Waals surface area contributed by atoms with Crippen LogP contribution in [0.15, 0.2) is 34.0 Å². The maximum absolute atomic E-state index is 12.9. The van der Waals surface area contributed by atoms with Crippen molar-refractivity contribution in [2.75, 3.05) is 24.2 Å². The van der Waals surface area contributed by atoms with Crippen molar-refractivity contribution in [1.29, 1.82) is 0 Å². The van der Waals surface area contributed by atoms with Crippen LogP contribution in [0.2, 0.25) is 0 Å². The minimum atomic E-state index is -0.350. The predicted octanol–water partition coefficient (Wildman–Crippen LogP) is 2.85. The van der Waals surface area contributed by atoms with E-state index in [4.69, 9.17) is 4.74 Å². The number of thiazole rings is 1. The van der Waals surface area contributed by atoms with Gasteiger partial charge in [-0.3, -0.25) is 9.59 Å². The molecule has 2 aromatic rings. The van der Waals surface area contributed by atoms with E-state index in [1.807, 2.05) is 5.38 Å². The lowest BCUT2D eigenvalue weighted by Crippen LogP contribution is -2.32. The first-order chi connectivity index (χ1) is 13.1. The largest absolute Gasteiger partial charge is 0.376 e. The van der Waals surface area contributed by atoms with Crippen LogP contribution in [0.1, 0.15) is 18.5 Å². The Labute approximate surface area is 164 Å². The second-order valence-electron chi connectivity index (χ2n) is 6.06. The molecule has 2 N–H and O–H groups in total. The number of carbonyl (C=O) groups excluding carboxylic acids is 2. The molecule has 0 spiro atoms. The molecule has 1 fully saturated rings. The predicted molar refractivity (Wildman–Crippen MR) is 104 cm³/mol. The van der Waals surface area contributed by atoms with Crippen LogP contribution in [-0.2, 0) is 20.7 Å². The number of benzene rings is 1. The number of nitrogens with one attached hydrogen (secondary N) is 2. The lowest BCUT2D eigenvalue weighted by atomic mass is 10.2. The third kappa shape index (κ3) is 6.60. The average Bonchev–Trinajstić information content (AvgIpc) is 3.32. The van der Waals surface area contributed by atoms with E-state index >= 15 is 0 Å². The Morgan fingerprint density at radius 3 is 2.85 bits per heavy atom. The minimum absolute atomic E-state index is 0.0820. The van der Waals surface area contributed by atoms with Crippen molar-refractivity contribution in [3.63, 3.8) is 0 Å². The Morgan fingerprint density at radius 1 is 1.30 bits per heavy atom. The number of amides is 2. The van der Waals surface area contributed by atoms with E-state index in [2.05, 4.69) is 15.6 Å². The molecule has 9 heteroatoms. The maximum Gasteiger partial charge on any atom is 0.234 e. The topological polar surface area (TPSA) is 80.3 Å². The van der Waals surface area contributed by atoms with Crippen molar-refractivity contribution >= 4 is 40.6 Å². The quantitative estimate of drug-likeness (QED) is 0.656. The molecule has 1 aromatic carbocycles. The first kappa shape index (κ1) is 19.8. The van der Waals surface area contributed by atoms with Crippen LogP contribution in [0.4, 0.5) is 10.1 Å². The molecule has 1 aliphatic rings. The average molecular weight is 410 g/mol. The zero-order valence-electron chi connectivity index (χ0n) is 14.6. The summed E-state index contributed by atoms with van der Waals surface area (Å²) in [5, 5.41) is 7.39. The highest BCUT2D eigenvalue weighted by Crippen LogP contribution is 2.23. The van der Waals surface area contributed by atoms with E-state index in [0.717, 1.165) is 23.8 Å². The second-order valence-corrected chi connectivity index (χ2v) is 8.14. The second kappa shape index (κ2) is 9.82. The van der Waals surface area contributed by atoms with E-state index < -0.39 is 0 Å². The van der Waals surface area contributed by atoms with Crippen LogP contribution in [0.25, 0.3) is 0 Å². The van der Waals surface area contributed by atoms with Gasteiger partial charge in [-0.1, -0.05) is 11.8 Å². The molecule has 1 aliphatic heterocycles. The molecule has 1 saturated heterocycles. The number of thioether (sulfide) groups is 1. The van der Waals surface area contributed by atoms with Crippen molar-refractivity contribution in [3.8, 4) is 0 Å². The molecule has 1 atom stereocenters. The fourth-order valence-electron chi connectivity index (χ4n) is 2.55. The summed E-state index contributed by atoms with van der Waals surface area (Å²) in [7, 11) is 0. The summed E-state index contributed by atoms with van der Waals surface area (Å²) < 4.78 is 19.1. The summed E-state index contributed by atoms with van der Waals surface area (Å²) >= 11 is 2.70. The molecule has 3 rings (SSSR count). The number of hydrogen-bond acceptors (Lipinski definition) is 6. The monoisotopic (exact) mass is 409 g/mol. The molecule has 2 amide bonds. The standard InChI is InChI=1S/C18H20FN3O3S2/c19-12-3-5-13(6-4-12)21-17(24)11-27-18-22-14(10-26-18)8-16(23)20-9-15-2-1-7-25-15/h3-6,10,15H,1-2,7-9,11H2,(H,20,23)(H,21,24)/t15-/m0/s1. The summed E-state index contributed by atoms with van der Waals surface area (Å²) in [6.07, 6.45) is 2.36. The molecular weight excluding hydrogens is 389 g/mol. The van der Waals surface area contributed by atoms with Gasteiger partial charge in [0.1, 0.15) is 5.82 Å². The van der Waals surface area contributed by atoms with E-state index in [-0.39, 0.29) is 35.9 Å². The lowest BCUT2D eigenvalue weighted by Gasteiger charge is -2.09. The summed E-state index contributed by atoms with van der Waals surface area (Å²) in [5.41, 5.74) is 1.23. The van der Waals surface area contributed by atoms with Gasteiger partial charge in [0.25, 0.3) is 0 Å². The first-order valence-corrected chi connectivity index (χ1v) is 10.5. The Hall–Kier alpha value is -1.97. The molecule has 2 heterocycles. The number of carbonyl (C=O) groups is 2. The van der Waals surface area contributed by atoms with Gasteiger partial charge in [0.2, 0.25) is 11.8 Å². The highest BCUT2D eigenvalue weighted by Gasteiger charge is 2.16. The van der Waals surface area contributed by atoms with Crippen molar-refractivity contribution < 1.29 is 18.7 Å². The van der Waals surface area contributed by atoms with Crippen LogP contribution >= 0.6 is 23.1 Å². The van der Waals surface area contributed by atoms with Crippen LogP contribution < -0.4 is 10.6 Å². The van der Waals surface area contributed by atoms with Crippen LogP contribution in [0.5, 0.6) is 0 Å². The fraction of sp³-hybridized carbons (Fsp3) is 0.389. The van der Waals surface area contributed by atoms with Crippen molar-refractivity contribution in [1.82, 2.24) is 10.3 Å². The van der Waals surface area contributed by atoms with Gasteiger partial charge in [-0.05, 0) is 37.1 Å². The Kier molecular flexibility index (Phi) is 7.19. The normalized spacial score (nSPS) is 16.3. The van der Waals surface area contributed by atoms with E-state index in [0.29, 0.717) is 17.9 Å². The van der Waals surface area contributed by atoms with Gasteiger partial charge in [0, 0.05) is 24.2 Å². The lowest BCUT2D eigenvalue weighted by molar-refractivity contribution is -0.121. The fourth-order valence-corrected chi connectivity index (χ4v) is 4.20. The third-order valence-corrected chi connectivity index (χ3v) is 5.95. The zero-order chi connectivity index (χ0) is 19.1. The highest BCUT2D eigenvalue weighted by atomic mass is 32.2. The van der Waals surface area contributed by atoms with Crippen molar-refractivity contribution in [3.05, 3.63) is 41.2 Å². The Morgan fingerprint density at radius 2 is 2.11 bits per heavy atom. The van der Waals surface area contributed by atoms with Gasteiger partial charge >= 0.3 is 0 Å². The molecule has 0 saturated carbocycles. The Bertz CT molecular complexity index is 776. The molecule has 1 aromatic heterocycles. The molecule has 0 bridgehead atoms. The number of halogens is 1. The summed E-state index contributed by atoms with van der Waals surface area (Å²) in [4.78, 5) is 28.3. The van der Waals surface area contributed by atoms with Gasteiger partial charge in [0.15, 0.2) is 4.34 Å². The maximum atomic E-state index is 12.9. The molecule has 144 valence electrons. The number of rotatable bonds is 8. The van der Waals surface area contributed by atoms with E-state index in [1.54, 1.807) is 0 Å². The van der Waals surface area contributed by atoms with Gasteiger partial charge in [-0.15, -0.1) is 11.3 Å². The zero-order valence-corrected chi connectivity index (χ0v) is 16.2. The van der Waals surface area contributed by atoms with Crippen LogP contribution in [-0.4, -0.2) is 41.8 Å². The van der Waals surface area contributed by atoms with Crippen LogP contribution in [0.3, 0.4) is 0 Å². The van der Waals surface area contributed by atoms with Gasteiger partial charge in [0.05, 0.1) is 24.0 Å². The van der Waals surface area contributed by atoms with Crippen molar-refractivity contribution in [2.45, 2.75) is 29.7 Å². The van der Waals surface area contributed by atoms with E-state index in [1.165, 1.54) is 47.4 Å². The van der Waals surface area contributed by atoms with Gasteiger partial charge in [-0.25, -0.2) is 9.37 Å². The number of anilines is 1. The van der Waals surface area contributed by atoms with Crippen LogP contribution in [0, 0.1) is 5.82 Å². The number of ether oxygens (including phenoxy) is 1. The third-order valence-electron chi connectivity index (χ3n) is 3.88. The molecule has 6 nitrogen and oxygen atoms in total. The van der Waals surface area contributed by atoms with Crippen molar-refractivity contribution in [2.24, 2.45) is 0 Å². The summed E-state index contributed by atoms with van der Waals surface area (Å²) in [6, 6.07) is 5.60. The van der Waals surface area contributed by atoms with E-state index in [9.17, 15) is 14.0 Å². The number of nitrogens with zero attached hydrogens (tertiary/aromatic N) is 1. The molecular formula is C18H20FN3O3S2. The minimum Gasteiger partial charge on any atom is -0.376 e. The summed E-state index contributed by atoms with van der Waals surface area (Å²) in [6.45, 7) is 1.30. The number of hydrogen-bond donors (Lipinski definition) is 2. The Balaban J connectivity index is 1.38. The summed E-state index contributed by atoms with van der Waals surface area (Å²) in [5.74, 6) is -0.438. The smallest absolute Gasteiger partial charge is 0.234 e. The highest BCUT2D eigenvalue weighted by molar-refractivity contribution is 8.01. The molecule has 27 heavy (non-hydrogen) atoms. The first-order valence-electron chi connectivity index (χ1n) is 8.59.